The Morgan fingerprint density at radius 1 is 1.10 bits per heavy atom. The van der Waals surface area contributed by atoms with Gasteiger partial charge >= 0.3 is 0 Å². The first-order valence-electron chi connectivity index (χ1n) is 10.6. The van der Waals surface area contributed by atoms with Crippen LogP contribution >= 0.6 is 11.8 Å². The van der Waals surface area contributed by atoms with Crippen LogP contribution in [-0.4, -0.2) is 79.7 Å². The summed E-state index contributed by atoms with van der Waals surface area (Å²) in [5.41, 5.74) is 3.24. The summed E-state index contributed by atoms with van der Waals surface area (Å²) < 4.78 is 5.51. The van der Waals surface area contributed by atoms with Crippen molar-refractivity contribution in [3.63, 3.8) is 0 Å². The van der Waals surface area contributed by atoms with Gasteiger partial charge in [-0.05, 0) is 23.7 Å². The molecule has 2 aromatic carbocycles. The summed E-state index contributed by atoms with van der Waals surface area (Å²) in [6, 6.07) is 17.8. The zero-order chi connectivity index (χ0) is 22.1. The Morgan fingerprint density at radius 3 is 2.52 bits per heavy atom. The van der Waals surface area contributed by atoms with Gasteiger partial charge in [-0.1, -0.05) is 54.6 Å². The van der Waals surface area contributed by atoms with Gasteiger partial charge in [-0.2, -0.15) is 0 Å². The summed E-state index contributed by atoms with van der Waals surface area (Å²) >= 11 is 1.63. The number of hydrogen-bond acceptors (Lipinski definition) is 5. The van der Waals surface area contributed by atoms with Gasteiger partial charge in [0.25, 0.3) is 0 Å². The van der Waals surface area contributed by atoms with Crippen molar-refractivity contribution in [3.05, 3.63) is 60.2 Å². The van der Waals surface area contributed by atoms with Crippen molar-refractivity contribution < 1.29 is 14.3 Å². The zero-order valence-corrected chi connectivity index (χ0v) is 19.1. The molecule has 1 aliphatic heterocycles. The van der Waals surface area contributed by atoms with E-state index in [-0.39, 0.29) is 11.8 Å². The Kier molecular flexibility index (Phi) is 8.94. The molecule has 0 bridgehead atoms. The largest absolute Gasteiger partial charge is 0.378 e. The van der Waals surface area contributed by atoms with E-state index in [9.17, 15) is 9.59 Å². The lowest BCUT2D eigenvalue weighted by atomic mass is 10.0. The van der Waals surface area contributed by atoms with Crippen molar-refractivity contribution in [1.29, 1.82) is 0 Å². The van der Waals surface area contributed by atoms with Crippen LogP contribution in [0.1, 0.15) is 5.56 Å². The summed E-state index contributed by atoms with van der Waals surface area (Å²) in [7, 11) is 3.65. The van der Waals surface area contributed by atoms with E-state index in [4.69, 9.17) is 4.74 Å². The molecule has 2 amide bonds. The van der Waals surface area contributed by atoms with Gasteiger partial charge in [-0.3, -0.25) is 9.59 Å². The van der Waals surface area contributed by atoms with E-state index < -0.39 is 6.04 Å². The van der Waals surface area contributed by atoms with Gasteiger partial charge in [0.15, 0.2) is 0 Å². The first-order valence-corrected chi connectivity index (χ1v) is 11.7. The van der Waals surface area contributed by atoms with Crippen LogP contribution in [0.4, 0.5) is 0 Å². The van der Waals surface area contributed by atoms with Crippen LogP contribution in [0.3, 0.4) is 0 Å². The van der Waals surface area contributed by atoms with Crippen molar-refractivity contribution >= 4 is 23.6 Å². The normalized spacial score (nSPS) is 15.8. The number of amides is 2. The van der Waals surface area contributed by atoms with Crippen molar-refractivity contribution in [3.8, 4) is 11.1 Å². The van der Waals surface area contributed by atoms with E-state index in [1.807, 2.05) is 49.5 Å². The molecule has 1 heterocycles. The Balaban J connectivity index is 1.54. The highest BCUT2D eigenvalue weighted by atomic mass is 32.2. The molecule has 1 saturated heterocycles. The maximum absolute atomic E-state index is 12.9. The smallest absolute Gasteiger partial charge is 0.246 e. The lowest BCUT2D eigenvalue weighted by Crippen LogP contribution is -2.48. The number of carbonyl (C=O) groups is 2. The zero-order valence-electron chi connectivity index (χ0n) is 18.3. The van der Waals surface area contributed by atoms with Gasteiger partial charge in [0.2, 0.25) is 11.8 Å². The standard InChI is InChI=1S/C24H31N3O3S/c1-25-12-14-30-15-13-26(2)24(29)22-17-31-18-27(22)23(28)16-19-8-10-21(11-9-19)20-6-4-3-5-7-20/h3-11,22,25H,12-18H2,1-2H3. The lowest BCUT2D eigenvalue weighted by molar-refractivity contribution is -0.142. The highest BCUT2D eigenvalue weighted by Crippen LogP contribution is 2.24. The Labute approximate surface area is 188 Å². The number of thioether (sulfide) groups is 1. The van der Waals surface area contributed by atoms with Gasteiger partial charge in [0, 0.05) is 25.9 Å². The summed E-state index contributed by atoms with van der Waals surface area (Å²) in [6.07, 6.45) is 0.302. The Bertz CT molecular complexity index is 845. The number of rotatable bonds is 10. The lowest BCUT2D eigenvalue weighted by Gasteiger charge is -2.27. The van der Waals surface area contributed by atoms with Crippen molar-refractivity contribution in [2.24, 2.45) is 0 Å². The molecule has 1 N–H and O–H groups in total. The second-order valence-electron chi connectivity index (χ2n) is 7.59. The third-order valence-corrected chi connectivity index (χ3v) is 6.36. The Hall–Kier alpha value is -2.35. The minimum Gasteiger partial charge on any atom is -0.378 e. The van der Waals surface area contributed by atoms with Gasteiger partial charge in [0.1, 0.15) is 6.04 Å². The van der Waals surface area contributed by atoms with E-state index >= 15 is 0 Å². The molecule has 2 aromatic rings. The molecule has 1 atom stereocenters. The molecule has 1 aliphatic rings. The van der Waals surface area contributed by atoms with E-state index in [0.29, 0.717) is 37.8 Å². The van der Waals surface area contributed by atoms with E-state index in [0.717, 1.165) is 23.2 Å². The highest BCUT2D eigenvalue weighted by molar-refractivity contribution is 7.99. The second-order valence-corrected chi connectivity index (χ2v) is 8.59. The number of hydrogen-bond donors (Lipinski definition) is 1. The monoisotopic (exact) mass is 441 g/mol. The number of carbonyl (C=O) groups excluding carboxylic acids is 2. The highest BCUT2D eigenvalue weighted by Gasteiger charge is 2.35. The molecular formula is C24H31N3O3S. The van der Waals surface area contributed by atoms with E-state index in [1.165, 1.54) is 0 Å². The molecule has 7 heteroatoms. The molecule has 1 unspecified atom stereocenters. The van der Waals surface area contributed by atoms with Crippen LogP contribution in [0.25, 0.3) is 11.1 Å². The van der Waals surface area contributed by atoms with Crippen LogP contribution < -0.4 is 5.32 Å². The number of benzene rings is 2. The summed E-state index contributed by atoms with van der Waals surface area (Å²) in [5, 5.41) is 3.02. The van der Waals surface area contributed by atoms with Crippen LogP contribution in [0.5, 0.6) is 0 Å². The van der Waals surface area contributed by atoms with Crippen LogP contribution in [-0.2, 0) is 20.7 Å². The fraction of sp³-hybridized carbons (Fsp3) is 0.417. The Morgan fingerprint density at radius 2 is 1.81 bits per heavy atom. The average molecular weight is 442 g/mol. The maximum Gasteiger partial charge on any atom is 0.246 e. The topological polar surface area (TPSA) is 61.9 Å². The fourth-order valence-electron chi connectivity index (χ4n) is 3.46. The first kappa shape index (κ1) is 23.3. The summed E-state index contributed by atoms with van der Waals surface area (Å²) in [5.74, 6) is 1.18. The number of nitrogens with zero attached hydrogens (tertiary/aromatic N) is 2. The van der Waals surface area contributed by atoms with Gasteiger partial charge in [-0.15, -0.1) is 11.8 Å². The van der Waals surface area contributed by atoms with Crippen LogP contribution in [0, 0.1) is 0 Å². The molecule has 166 valence electrons. The average Bonchev–Trinajstić information content (AvgIpc) is 3.29. The van der Waals surface area contributed by atoms with Gasteiger partial charge in [-0.25, -0.2) is 0 Å². The molecule has 3 rings (SSSR count). The van der Waals surface area contributed by atoms with E-state index in [2.05, 4.69) is 17.4 Å². The number of nitrogens with one attached hydrogen (secondary N) is 1. The third kappa shape index (κ3) is 6.56. The first-order chi connectivity index (χ1) is 15.1. The SMILES string of the molecule is CNCCOCCN(C)C(=O)C1CSCN1C(=O)Cc1ccc(-c2ccccc2)cc1. The van der Waals surface area contributed by atoms with Crippen molar-refractivity contribution in [2.75, 3.05) is 52.0 Å². The number of ether oxygens (including phenoxy) is 1. The molecule has 31 heavy (non-hydrogen) atoms. The second kappa shape index (κ2) is 11.9. The minimum atomic E-state index is -0.400. The molecule has 0 aromatic heterocycles. The molecule has 1 fully saturated rings. The number of likely N-dealkylation sites (N-methyl/N-ethyl adjacent to an activating group) is 2. The third-order valence-electron chi connectivity index (χ3n) is 5.35. The van der Waals surface area contributed by atoms with E-state index in [1.54, 1.807) is 28.6 Å². The van der Waals surface area contributed by atoms with Crippen molar-refractivity contribution in [2.45, 2.75) is 12.5 Å². The molecular weight excluding hydrogens is 410 g/mol. The van der Waals surface area contributed by atoms with Crippen LogP contribution in [0.2, 0.25) is 0 Å². The summed E-state index contributed by atoms with van der Waals surface area (Å²) in [4.78, 5) is 29.2. The van der Waals surface area contributed by atoms with Crippen LogP contribution in [0.15, 0.2) is 54.6 Å². The predicted octanol–water partition coefficient (Wildman–Crippen LogP) is 2.49. The van der Waals surface area contributed by atoms with Crippen molar-refractivity contribution in [1.82, 2.24) is 15.1 Å². The van der Waals surface area contributed by atoms with Gasteiger partial charge < -0.3 is 19.9 Å². The summed E-state index contributed by atoms with van der Waals surface area (Å²) in [6.45, 7) is 2.41. The fourth-order valence-corrected chi connectivity index (χ4v) is 4.63. The molecule has 0 aliphatic carbocycles. The van der Waals surface area contributed by atoms with Gasteiger partial charge in [0.05, 0.1) is 25.5 Å². The molecule has 0 radical (unpaired) electrons. The quantitative estimate of drug-likeness (QED) is 0.574. The molecule has 0 spiro atoms. The molecule has 6 nitrogen and oxygen atoms in total. The maximum atomic E-state index is 12.9. The minimum absolute atomic E-state index is 0.00511. The predicted molar refractivity (Wildman–Crippen MR) is 126 cm³/mol. The molecule has 0 saturated carbocycles.